The molecule has 0 spiro atoms. The Balaban J connectivity index is 1.95. The number of hydrogen-bond donors (Lipinski definition) is 0. The van der Waals surface area contributed by atoms with Crippen molar-refractivity contribution in [1.82, 2.24) is 0 Å². The first kappa shape index (κ1) is 15.5. The number of carbonyl (C=O) groups is 2. The molecule has 1 aromatic carbocycles. The highest BCUT2D eigenvalue weighted by atomic mass is 16.3. The van der Waals surface area contributed by atoms with Gasteiger partial charge in [0.2, 0.25) is 0 Å². The molecule has 0 unspecified atom stereocenters. The largest absolute Gasteiger partial charge is 0.453 e. The van der Waals surface area contributed by atoms with E-state index in [1.54, 1.807) is 19.1 Å². The van der Waals surface area contributed by atoms with E-state index in [4.69, 9.17) is 4.42 Å². The highest BCUT2D eigenvalue weighted by Gasteiger charge is 2.19. The molecule has 1 aliphatic rings. The SMILES string of the molecule is CC(=O)c1cc(N2CCC(C)CC2)ccc1-c1ccc(C=O)o1. The predicted molar refractivity (Wildman–Crippen MR) is 90.1 cm³/mol. The Morgan fingerprint density at radius 3 is 2.57 bits per heavy atom. The molecule has 0 bridgehead atoms. The number of benzene rings is 1. The van der Waals surface area contributed by atoms with Crippen molar-refractivity contribution in [3.05, 3.63) is 41.7 Å². The third-order valence-corrected chi connectivity index (χ3v) is 4.54. The van der Waals surface area contributed by atoms with E-state index in [2.05, 4.69) is 11.8 Å². The number of rotatable bonds is 4. The van der Waals surface area contributed by atoms with E-state index in [0.29, 0.717) is 17.6 Å². The summed E-state index contributed by atoms with van der Waals surface area (Å²) in [5.74, 6) is 1.58. The van der Waals surface area contributed by atoms with Gasteiger partial charge in [-0.2, -0.15) is 0 Å². The Bertz CT molecular complexity index is 724. The van der Waals surface area contributed by atoms with Crippen LogP contribution >= 0.6 is 0 Å². The van der Waals surface area contributed by atoms with Gasteiger partial charge in [-0.25, -0.2) is 0 Å². The van der Waals surface area contributed by atoms with E-state index in [0.717, 1.165) is 30.3 Å². The van der Waals surface area contributed by atoms with Gasteiger partial charge in [-0.1, -0.05) is 6.92 Å². The third kappa shape index (κ3) is 3.21. The molecule has 2 aromatic rings. The van der Waals surface area contributed by atoms with Crippen molar-refractivity contribution < 1.29 is 14.0 Å². The lowest BCUT2D eigenvalue weighted by molar-refractivity contribution is 0.101. The van der Waals surface area contributed by atoms with Crippen molar-refractivity contribution in [1.29, 1.82) is 0 Å². The fourth-order valence-electron chi connectivity index (χ4n) is 3.06. The molecular weight excluding hydrogens is 290 g/mol. The number of ketones is 1. The van der Waals surface area contributed by atoms with Crippen LogP contribution < -0.4 is 4.90 Å². The minimum absolute atomic E-state index is 0.00344. The zero-order chi connectivity index (χ0) is 16.4. The van der Waals surface area contributed by atoms with Gasteiger partial charge in [-0.15, -0.1) is 0 Å². The quantitative estimate of drug-likeness (QED) is 0.627. The smallest absolute Gasteiger partial charge is 0.185 e. The number of carbonyl (C=O) groups excluding carboxylic acids is 2. The molecule has 3 rings (SSSR count). The lowest BCUT2D eigenvalue weighted by Gasteiger charge is -2.32. The molecule has 1 aromatic heterocycles. The zero-order valence-electron chi connectivity index (χ0n) is 13.5. The van der Waals surface area contributed by atoms with E-state index in [9.17, 15) is 9.59 Å². The molecule has 0 atom stereocenters. The molecule has 120 valence electrons. The van der Waals surface area contributed by atoms with Gasteiger partial charge in [0.15, 0.2) is 17.8 Å². The van der Waals surface area contributed by atoms with Crippen molar-refractivity contribution in [3.8, 4) is 11.3 Å². The maximum absolute atomic E-state index is 12.1. The first-order valence-electron chi connectivity index (χ1n) is 8.04. The second-order valence-corrected chi connectivity index (χ2v) is 6.28. The van der Waals surface area contributed by atoms with Crippen LogP contribution in [0, 0.1) is 5.92 Å². The van der Waals surface area contributed by atoms with E-state index >= 15 is 0 Å². The Labute approximate surface area is 136 Å². The van der Waals surface area contributed by atoms with E-state index < -0.39 is 0 Å². The van der Waals surface area contributed by atoms with Gasteiger partial charge < -0.3 is 9.32 Å². The number of hydrogen-bond acceptors (Lipinski definition) is 4. The van der Waals surface area contributed by atoms with Crippen LogP contribution in [0.4, 0.5) is 5.69 Å². The summed E-state index contributed by atoms with van der Waals surface area (Å²) in [5, 5.41) is 0. The summed E-state index contributed by atoms with van der Waals surface area (Å²) in [6.07, 6.45) is 3.02. The maximum Gasteiger partial charge on any atom is 0.185 e. The number of nitrogens with zero attached hydrogens (tertiary/aromatic N) is 1. The number of aldehydes is 1. The van der Waals surface area contributed by atoms with E-state index in [1.807, 2.05) is 18.2 Å². The van der Waals surface area contributed by atoms with Crippen LogP contribution in [0.2, 0.25) is 0 Å². The number of anilines is 1. The summed E-state index contributed by atoms with van der Waals surface area (Å²) < 4.78 is 5.48. The third-order valence-electron chi connectivity index (χ3n) is 4.54. The van der Waals surface area contributed by atoms with Crippen LogP contribution in [0.15, 0.2) is 34.7 Å². The molecule has 4 heteroatoms. The van der Waals surface area contributed by atoms with Gasteiger partial charge in [-0.3, -0.25) is 9.59 Å². The Kier molecular flexibility index (Phi) is 4.33. The second-order valence-electron chi connectivity index (χ2n) is 6.28. The van der Waals surface area contributed by atoms with Gasteiger partial charge in [0.1, 0.15) is 5.76 Å². The molecule has 0 amide bonds. The van der Waals surface area contributed by atoms with Gasteiger partial charge in [0.25, 0.3) is 0 Å². The van der Waals surface area contributed by atoms with Gasteiger partial charge >= 0.3 is 0 Å². The minimum Gasteiger partial charge on any atom is -0.453 e. The molecule has 0 saturated carbocycles. The molecule has 1 aliphatic heterocycles. The maximum atomic E-state index is 12.1. The van der Waals surface area contributed by atoms with Crippen LogP contribution in [-0.2, 0) is 0 Å². The standard InChI is InChI=1S/C19H21NO3/c1-13-7-9-20(10-8-13)15-3-5-17(18(11-15)14(2)22)19-6-4-16(12-21)23-19/h3-6,11-13H,7-10H2,1-2H3. The van der Waals surface area contributed by atoms with Crippen molar-refractivity contribution in [2.75, 3.05) is 18.0 Å². The van der Waals surface area contributed by atoms with Gasteiger partial charge in [-0.05, 0) is 56.0 Å². The van der Waals surface area contributed by atoms with Gasteiger partial charge in [0.05, 0.1) is 0 Å². The monoisotopic (exact) mass is 311 g/mol. The molecular formula is C19H21NO3. The van der Waals surface area contributed by atoms with Crippen LogP contribution in [0.25, 0.3) is 11.3 Å². The fraction of sp³-hybridized carbons (Fsp3) is 0.368. The lowest BCUT2D eigenvalue weighted by Crippen LogP contribution is -2.32. The molecule has 4 nitrogen and oxygen atoms in total. The Morgan fingerprint density at radius 1 is 1.22 bits per heavy atom. The first-order chi connectivity index (χ1) is 11.1. The second kappa shape index (κ2) is 6.41. The zero-order valence-corrected chi connectivity index (χ0v) is 13.5. The van der Waals surface area contributed by atoms with Crippen molar-refractivity contribution in [3.63, 3.8) is 0 Å². The Morgan fingerprint density at radius 2 is 1.96 bits per heavy atom. The van der Waals surface area contributed by atoms with Crippen LogP contribution in [0.5, 0.6) is 0 Å². The molecule has 1 fully saturated rings. The normalized spacial score (nSPS) is 15.7. The van der Waals surface area contributed by atoms with E-state index in [-0.39, 0.29) is 11.5 Å². The number of Topliss-reactive ketones (excluding diaryl/α,β-unsaturated/α-hetero) is 1. The average molecular weight is 311 g/mol. The summed E-state index contributed by atoms with van der Waals surface area (Å²) in [6, 6.07) is 9.23. The lowest BCUT2D eigenvalue weighted by atomic mass is 9.97. The number of furan rings is 1. The predicted octanol–water partition coefficient (Wildman–Crippen LogP) is 4.20. The summed E-state index contributed by atoms with van der Waals surface area (Å²) >= 11 is 0. The first-order valence-corrected chi connectivity index (χ1v) is 8.04. The van der Waals surface area contributed by atoms with E-state index in [1.165, 1.54) is 12.8 Å². The van der Waals surface area contributed by atoms with Gasteiger partial charge in [0, 0.05) is 29.9 Å². The summed E-state index contributed by atoms with van der Waals surface area (Å²) in [5.41, 5.74) is 2.45. The summed E-state index contributed by atoms with van der Waals surface area (Å²) in [7, 11) is 0. The summed E-state index contributed by atoms with van der Waals surface area (Å²) in [4.78, 5) is 25.2. The van der Waals surface area contributed by atoms with Crippen LogP contribution in [0.3, 0.4) is 0 Å². The van der Waals surface area contributed by atoms with Crippen molar-refractivity contribution in [2.24, 2.45) is 5.92 Å². The fourth-order valence-corrected chi connectivity index (χ4v) is 3.06. The molecule has 0 aliphatic carbocycles. The molecule has 2 heterocycles. The molecule has 1 saturated heterocycles. The minimum atomic E-state index is -0.00344. The van der Waals surface area contributed by atoms with Crippen molar-refractivity contribution in [2.45, 2.75) is 26.7 Å². The molecule has 0 N–H and O–H groups in total. The molecule has 0 radical (unpaired) electrons. The topological polar surface area (TPSA) is 50.5 Å². The average Bonchev–Trinajstić information content (AvgIpc) is 3.04. The summed E-state index contributed by atoms with van der Waals surface area (Å²) in [6.45, 7) is 5.88. The van der Waals surface area contributed by atoms with Crippen LogP contribution in [0.1, 0.15) is 47.6 Å². The highest BCUT2D eigenvalue weighted by Crippen LogP contribution is 2.31. The molecule has 23 heavy (non-hydrogen) atoms. The Hall–Kier alpha value is -2.36. The van der Waals surface area contributed by atoms with Crippen LogP contribution in [-0.4, -0.2) is 25.2 Å². The number of piperidine rings is 1. The highest BCUT2D eigenvalue weighted by molar-refractivity contribution is 6.01. The van der Waals surface area contributed by atoms with Crippen molar-refractivity contribution >= 4 is 17.8 Å².